The molecule has 1 aliphatic rings. The standard InChI is InChI=1S/C20H28N4O2/c1-13-10-14(2)18(15(3)11-13)7-8-21-20(25)24-9-5-6-17(12-24)19-22-16(4)23-26-19/h10-11,17H,5-9,12H2,1-4H3,(H,21,25)/t17-/m1/s1. The average Bonchev–Trinajstić information content (AvgIpc) is 3.03. The summed E-state index contributed by atoms with van der Waals surface area (Å²) < 4.78 is 5.29. The molecule has 1 saturated heterocycles. The van der Waals surface area contributed by atoms with Crippen molar-refractivity contribution in [2.45, 2.75) is 52.9 Å². The van der Waals surface area contributed by atoms with Crippen molar-refractivity contribution in [1.82, 2.24) is 20.4 Å². The van der Waals surface area contributed by atoms with E-state index in [0.29, 0.717) is 24.8 Å². The van der Waals surface area contributed by atoms with Crippen molar-refractivity contribution in [1.29, 1.82) is 0 Å². The molecule has 0 unspecified atom stereocenters. The fourth-order valence-corrected chi connectivity index (χ4v) is 3.85. The molecule has 0 radical (unpaired) electrons. The van der Waals surface area contributed by atoms with Gasteiger partial charge < -0.3 is 14.7 Å². The van der Waals surface area contributed by atoms with E-state index in [2.05, 4.69) is 48.4 Å². The zero-order valence-electron chi connectivity index (χ0n) is 16.1. The van der Waals surface area contributed by atoms with Crippen LogP contribution in [0.4, 0.5) is 4.79 Å². The fourth-order valence-electron chi connectivity index (χ4n) is 3.85. The molecule has 0 aliphatic carbocycles. The van der Waals surface area contributed by atoms with Gasteiger partial charge in [0.05, 0.1) is 5.92 Å². The van der Waals surface area contributed by atoms with Crippen LogP contribution in [0.3, 0.4) is 0 Å². The minimum atomic E-state index is -0.00615. The number of aromatic nitrogens is 2. The Morgan fingerprint density at radius 1 is 1.27 bits per heavy atom. The van der Waals surface area contributed by atoms with E-state index in [1.807, 2.05) is 11.8 Å². The van der Waals surface area contributed by atoms with Crippen LogP contribution in [-0.4, -0.2) is 40.7 Å². The van der Waals surface area contributed by atoms with E-state index in [1.165, 1.54) is 22.3 Å². The van der Waals surface area contributed by atoms with Gasteiger partial charge >= 0.3 is 6.03 Å². The van der Waals surface area contributed by atoms with Crippen molar-refractivity contribution in [3.63, 3.8) is 0 Å². The quantitative estimate of drug-likeness (QED) is 0.911. The van der Waals surface area contributed by atoms with Gasteiger partial charge in [-0.1, -0.05) is 22.9 Å². The van der Waals surface area contributed by atoms with Crippen LogP contribution in [0.15, 0.2) is 16.7 Å². The van der Waals surface area contributed by atoms with E-state index in [4.69, 9.17) is 4.52 Å². The van der Waals surface area contributed by atoms with Crippen LogP contribution in [0.1, 0.15) is 52.7 Å². The van der Waals surface area contributed by atoms with Gasteiger partial charge in [-0.15, -0.1) is 0 Å². The van der Waals surface area contributed by atoms with Gasteiger partial charge in [-0.3, -0.25) is 0 Å². The lowest BCUT2D eigenvalue weighted by Gasteiger charge is -2.31. The van der Waals surface area contributed by atoms with Gasteiger partial charge in [-0.05, 0) is 63.6 Å². The van der Waals surface area contributed by atoms with E-state index >= 15 is 0 Å². The van der Waals surface area contributed by atoms with Crippen LogP contribution in [0.5, 0.6) is 0 Å². The number of amides is 2. The molecule has 140 valence electrons. The zero-order chi connectivity index (χ0) is 18.7. The zero-order valence-corrected chi connectivity index (χ0v) is 16.1. The van der Waals surface area contributed by atoms with Gasteiger partial charge in [0.15, 0.2) is 5.82 Å². The van der Waals surface area contributed by atoms with Crippen LogP contribution in [-0.2, 0) is 6.42 Å². The summed E-state index contributed by atoms with van der Waals surface area (Å²) >= 11 is 0. The van der Waals surface area contributed by atoms with Crippen LogP contribution < -0.4 is 5.32 Å². The number of urea groups is 1. The van der Waals surface area contributed by atoms with Crippen LogP contribution >= 0.6 is 0 Å². The molecule has 1 aromatic carbocycles. The maximum Gasteiger partial charge on any atom is 0.317 e. The summed E-state index contributed by atoms with van der Waals surface area (Å²) in [5.41, 5.74) is 5.19. The molecule has 2 amide bonds. The maximum atomic E-state index is 12.5. The second-order valence-electron chi connectivity index (χ2n) is 7.32. The molecule has 2 heterocycles. The molecule has 6 heteroatoms. The third kappa shape index (κ3) is 4.23. The molecule has 1 aliphatic heterocycles. The summed E-state index contributed by atoms with van der Waals surface area (Å²) in [4.78, 5) is 18.7. The number of aryl methyl sites for hydroxylation is 4. The molecule has 1 fully saturated rings. The second kappa shape index (κ2) is 7.89. The molecule has 6 nitrogen and oxygen atoms in total. The number of likely N-dealkylation sites (tertiary alicyclic amines) is 1. The minimum absolute atomic E-state index is 0.00615. The largest absolute Gasteiger partial charge is 0.339 e. The summed E-state index contributed by atoms with van der Waals surface area (Å²) in [7, 11) is 0. The number of nitrogens with one attached hydrogen (secondary N) is 1. The molecule has 0 saturated carbocycles. The summed E-state index contributed by atoms with van der Waals surface area (Å²) in [6.07, 6.45) is 2.78. The Morgan fingerprint density at radius 3 is 2.65 bits per heavy atom. The van der Waals surface area contributed by atoms with E-state index in [-0.39, 0.29) is 11.9 Å². The lowest BCUT2D eigenvalue weighted by atomic mass is 9.97. The Hall–Kier alpha value is -2.37. The smallest absolute Gasteiger partial charge is 0.317 e. The van der Waals surface area contributed by atoms with Gasteiger partial charge in [0.25, 0.3) is 0 Å². The average molecular weight is 356 g/mol. The first-order valence-corrected chi connectivity index (χ1v) is 9.33. The van der Waals surface area contributed by atoms with Gasteiger partial charge in [-0.25, -0.2) is 4.79 Å². The van der Waals surface area contributed by atoms with Gasteiger partial charge in [-0.2, -0.15) is 4.98 Å². The first-order valence-electron chi connectivity index (χ1n) is 9.33. The Balaban J connectivity index is 1.53. The molecule has 3 rings (SSSR count). The van der Waals surface area contributed by atoms with Gasteiger partial charge in [0.1, 0.15) is 0 Å². The highest BCUT2D eigenvalue weighted by Gasteiger charge is 2.28. The molecule has 1 aromatic heterocycles. The first kappa shape index (κ1) is 18.4. The maximum absolute atomic E-state index is 12.5. The summed E-state index contributed by atoms with van der Waals surface area (Å²) in [5.74, 6) is 1.42. The lowest BCUT2D eigenvalue weighted by molar-refractivity contribution is 0.172. The van der Waals surface area contributed by atoms with E-state index < -0.39 is 0 Å². The first-order chi connectivity index (χ1) is 12.4. The van der Waals surface area contributed by atoms with Crippen molar-refractivity contribution in [3.8, 4) is 0 Å². The molecule has 1 atom stereocenters. The molecular formula is C20H28N4O2. The Kier molecular flexibility index (Phi) is 5.59. The predicted molar refractivity (Wildman–Crippen MR) is 100 cm³/mol. The number of carbonyl (C=O) groups is 1. The lowest BCUT2D eigenvalue weighted by Crippen LogP contribution is -2.45. The highest BCUT2D eigenvalue weighted by molar-refractivity contribution is 5.74. The highest BCUT2D eigenvalue weighted by atomic mass is 16.5. The fraction of sp³-hybridized carbons (Fsp3) is 0.550. The minimum Gasteiger partial charge on any atom is -0.339 e. The molecule has 1 N–H and O–H groups in total. The van der Waals surface area contributed by atoms with Crippen molar-refractivity contribution in [2.75, 3.05) is 19.6 Å². The topological polar surface area (TPSA) is 71.3 Å². The van der Waals surface area contributed by atoms with Crippen molar-refractivity contribution < 1.29 is 9.32 Å². The molecule has 2 aromatic rings. The number of benzene rings is 1. The van der Waals surface area contributed by atoms with Crippen LogP contribution in [0.2, 0.25) is 0 Å². The van der Waals surface area contributed by atoms with E-state index in [1.54, 1.807) is 0 Å². The summed E-state index contributed by atoms with van der Waals surface area (Å²) in [6, 6.07) is 4.39. The van der Waals surface area contributed by atoms with Crippen molar-refractivity contribution in [2.24, 2.45) is 0 Å². The summed E-state index contributed by atoms with van der Waals surface area (Å²) in [6.45, 7) is 10.3. The Labute approximate surface area is 155 Å². The van der Waals surface area contributed by atoms with Gasteiger partial charge in [0, 0.05) is 19.6 Å². The second-order valence-corrected chi connectivity index (χ2v) is 7.32. The SMILES string of the molecule is Cc1cc(C)c(CCNC(=O)N2CCC[C@@H](c3nc(C)no3)C2)c(C)c1. The number of nitrogens with zero attached hydrogens (tertiary/aromatic N) is 3. The number of carbonyl (C=O) groups excluding carboxylic acids is 1. The molecule has 26 heavy (non-hydrogen) atoms. The van der Waals surface area contributed by atoms with Crippen LogP contribution in [0, 0.1) is 27.7 Å². The highest BCUT2D eigenvalue weighted by Crippen LogP contribution is 2.25. The summed E-state index contributed by atoms with van der Waals surface area (Å²) in [5, 5.41) is 6.93. The number of piperidine rings is 1. The van der Waals surface area contributed by atoms with E-state index in [0.717, 1.165) is 25.8 Å². The van der Waals surface area contributed by atoms with Crippen molar-refractivity contribution in [3.05, 3.63) is 46.1 Å². The van der Waals surface area contributed by atoms with Crippen LogP contribution in [0.25, 0.3) is 0 Å². The normalized spacial score (nSPS) is 17.4. The monoisotopic (exact) mass is 356 g/mol. The number of hydrogen-bond acceptors (Lipinski definition) is 4. The third-order valence-corrected chi connectivity index (χ3v) is 5.09. The molecular weight excluding hydrogens is 328 g/mol. The number of rotatable bonds is 4. The third-order valence-electron chi connectivity index (χ3n) is 5.09. The van der Waals surface area contributed by atoms with E-state index in [9.17, 15) is 4.79 Å². The van der Waals surface area contributed by atoms with Crippen molar-refractivity contribution >= 4 is 6.03 Å². The number of hydrogen-bond donors (Lipinski definition) is 1. The predicted octanol–water partition coefficient (Wildman–Crippen LogP) is 3.43. The Morgan fingerprint density at radius 2 is 2.00 bits per heavy atom. The Bertz CT molecular complexity index is 761. The van der Waals surface area contributed by atoms with Gasteiger partial charge in [0.2, 0.25) is 5.89 Å². The molecule has 0 bridgehead atoms. The molecule has 0 spiro atoms.